The molecule has 2 aromatic carbocycles. The Balaban J connectivity index is 1.48. The fraction of sp³-hybridized carbons (Fsp3) is 0.375. The van der Waals surface area contributed by atoms with Crippen LogP contribution in [0.3, 0.4) is 0 Å². The number of nitrogens with zero attached hydrogens (tertiary/aromatic N) is 2. The van der Waals surface area contributed by atoms with Crippen LogP contribution < -0.4 is 16.4 Å². The quantitative estimate of drug-likeness (QED) is 0.638. The molecule has 1 saturated heterocycles. The second kappa shape index (κ2) is 9.39. The Morgan fingerprint density at radius 2 is 2.00 bits per heavy atom. The third kappa shape index (κ3) is 4.44. The summed E-state index contributed by atoms with van der Waals surface area (Å²) in [7, 11) is 1.68. The van der Waals surface area contributed by atoms with E-state index in [0.717, 1.165) is 35.2 Å². The summed E-state index contributed by atoms with van der Waals surface area (Å²) < 4.78 is 12.3. The zero-order valence-electron chi connectivity index (χ0n) is 18.1. The molecule has 0 aliphatic carbocycles. The standard InChI is InChI=1S/C24H26N4O4/c1-15(19(13-25)27-23(29)22-14-26-10-3-11-31-22)16-4-6-17(7-5-16)18-8-9-21-20(12-18)28(2)24(30)32-21/h4-9,12,15,19,22,26H,3,10-11,14H2,1-2H3,(H,27,29)/t15?,19?,22-/m0/s1. The van der Waals surface area contributed by atoms with Gasteiger partial charge in [-0.2, -0.15) is 5.26 Å². The molecule has 3 atom stereocenters. The number of hydrogen-bond donors (Lipinski definition) is 2. The molecule has 166 valence electrons. The number of nitrogens with one attached hydrogen (secondary N) is 2. The van der Waals surface area contributed by atoms with Crippen LogP contribution in [0.2, 0.25) is 0 Å². The molecule has 1 aliphatic rings. The third-order valence-corrected chi connectivity index (χ3v) is 5.94. The van der Waals surface area contributed by atoms with Gasteiger partial charge in [0.25, 0.3) is 5.91 Å². The lowest BCUT2D eigenvalue weighted by atomic mass is 9.92. The zero-order valence-corrected chi connectivity index (χ0v) is 18.1. The summed E-state index contributed by atoms with van der Waals surface area (Å²) in [5, 5.41) is 15.7. The minimum Gasteiger partial charge on any atom is -0.408 e. The van der Waals surface area contributed by atoms with Crippen molar-refractivity contribution in [2.75, 3.05) is 19.7 Å². The topological polar surface area (TPSA) is 109 Å². The fourth-order valence-corrected chi connectivity index (χ4v) is 3.88. The monoisotopic (exact) mass is 434 g/mol. The largest absolute Gasteiger partial charge is 0.419 e. The van der Waals surface area contributed by atoms with Gasteiger partial charge in [0.1, 0.15) is 12.1 Å². The number of carbonyl (C=O) groups excluding carboxylic acids is 1. The van der Waals surface area contributed by atoms with Crippen LogP contribution >= 0.6 is 0 Å². The molecule has 0 spiro atoms. The van der Waals surface area contributed by atoms with Crippen molar-refractivity contribution in [3.63, 3.8) is 0 Å². The van der Waals surface area contributed by atoms with Crippen LogP contribution in [-0.2, 0) is 16.6 Å². The SMILES string of the molecule is CC(c1ccc(-c2ccc3oc(=O)n(C)c3c2)cc1)C(C#N)NC(=O)[C@@H]1CNCCCO1. The summed E-state index contributed by atoms with van der Waals surface area (Å²) in [6.07, 6.45) is 0.273. The number of hydrogen-bond acceptors (Lipinski definition) is 6. The van der Waals surface area contributed by atoms with Crippen LogP contribution in [0, 0.1) is 11.3 Å². The molecule has 0 saturated carbocycles. The number of aryl methyl sites for hydroxylation is 1. The van der Waals surface area contributed by atoms with E-state index in [1.807, 2.05) is 43.3 Å². The number of aromatic nitrogens is 1. The molecule has 2 unspecified atom stereocenters. The lowest BCUT2D eigenvalue weighted by Gasteiger charge is -2.22. The van der Waals surface area contributed by atoms with E-state index in [1.54, 1.807) is 13.1 Å². The van der Waals surface area contributed by atoms with Gasteiger partial charge in [-0.3, -0.25) is 9.36 Å². The molecule has 8 nitrogen and oxygen atoms in total. The van der Waals surface area contributed by atoms with Gasteiger partial charge in [0.2, 0.25) is 0 Å². The van der Waals surface area contributed by atoms with Crippen molar-refractivity contribution in [1.82, 2.24) is 15.2 Å². The minimum absolute atomic E-state index is 0.200. The van der Waals surface area contributed by atoms with Crippen LogP contribution in [0.1, 0.15) is 24.8 Å². The first-order chi connectivity index (χ1) is 15.5. The van der Waals surface area contributed by atoms with E-state index >= 15 is 0 Å². The number of benzene rings is 2. The maximum Gasteiger partial charge on any atom is 0.419 e. The molecule has 1 amide bonds. The molecule has 0 bridgehead atoms. The molecule has 1 aromatic heterocycles. The highest BCUT2D eigenvalue weighted by atomic mass is 16.5. The van der Waals surface area contributed by atoms with E-state index in [0.29, 0.717) is 18.7 Å². The van der Waals surface area contributed by atoms with Gasteiger partial charge in [-0.1, -0.05) is 37.3 Å². The van der Waals surface area contributed by atoms with Crippen LogP contribution in [0.4, 0.5) is 0 Å². The predicted molar refractivity (Wildman–Crippen MR) is 120 cm³/mol. The number of oxazole rings is 1. The number of fused-ring (bicyclic) bond motifs is 1. The maximum absolute atomic E-state index is 12.6. The van der Waals surface area contributed by atoms with Gasteiger partial charge in [-0.15, -0.1) is 0 Å². The highest BCUT2D eigenvalue weighted by molar-refractivity contribution is 5.82. The van der Waals surface area contributed by atoms with Crippen molar-refractivity contribution >= 4 is 17.0 Å². The van der Waals surface area contributed by atoms with E-state index in [-0.39, 0.29) is 11.8 Å². The van der Waals surface area contributed by atoms with E-state index < -0.39 is 17.9 Å². The van der Waals surface area contributed by atoms with Crippen LogP contribution in [0.15, 0.2) is 51.7 Å². The minimum atomic E-state index is -0.669. The Hall–Kier alpha value is -3.41. The number of amides is 1. The number of nitriles is 1. The van der Waals surface area contributed by atoms with Gasteiger partial charge in [0.15, 0.2) is 5.58 Å². The summed E-state index contributed by atoms with van der Waals surface area (Å²) in [6, 6.07) is 15.0. The maximum atomic E-state index is 12.6. The Kier molecular flexibility index (Phi) is 6.40. The van der Waals surface area contributed by atoms with Crippen LogP contribution in [0.5, 0.6) is 0 Å². The first-order valence-corrected chi connectivity index (χ1v) is 10.7. The lowest BCUT2D eigenvalue weighted by molar-refractivity contribution is -0.132. The van der Waals surface area contributed by atoms with Crippen LogP contribution in [0.25, 0.3) is 22.2 Å². The molecular formula is C24H26N4O4. The molecule has 2 heterocycles. The Morgan fingerprint density at radius 1 is 1.25 bits per heavy atom. The van der Waals surface area contributed by atoms with Gasteiger partial charge in [-0.05, 0) is 41.8 Å². The molecule has 1 aliphatic heterocycles. The van der Waals surface area contributed by atoms with Crippen molar-refractivity contribution in [1.29, 1.82) is 5.26 Å². The van der Waals surface area contributed by atoms with Crippen molar-refractivity contribution in [2.45, 2.75) is 31.4 Å². The summed E-state index contributed by atoms with van der Waals surface area (Å²) in [5.74, 6) is -0.863. The Morgan fingerprint density at radius 3 is 2.75 bits per heavy atom. The van der Waals surface area contributed by atoms with Crippen molar-refractivity contribution in [3.8, 4) is 17.2 Å². The highest BCUT2D eigenvalue weighted by Crippen LogP contribution is 2.27. The lowest BCUT2D eigenvalue weighted by Crippen LogP contribution is -2.46. The second-order valence-electron chi connectivity index (χ2n) is 8.05. The highest BCUT2D eigenvalue weighted by Gasteiger charge is 2.26. The number of ether oxygens (including phenoxy) is 1. The van der Waals surface area contributed by atoms with E-state index in [9.17, 15) is 14.9 Å². The van der Waals surface area contributed by atoms with Gasteiger partial charge < -0.3 is 19.8 Å². The predicted octanol–water partition coefficient (Wildman–Crippen LogP) is 2.29. The normalized spacial score (nSPS) is 18.5. The van der Waals surface area contributed by atoms with Crippen LogP contribution in [-0.4, -0.2) is 42.3 Å². The van der Waals surface area contributed by atoms with E-state index in [2.05, 4.69) is 16.7 Å². The van der Waals surface area contributed by atoms with E-state index in [1.165, 1.54) is 4.57 Å². The van der Waals surface area contributed by atoms with E-state index in [4.69, 9.17) is 9.15 Å². The van der Waals surface area contributed by atoms with Gasteiger partial charge in [-0.25, -0.2) is 4.79 Å². The molecule has 2 N–H and O–H groups in total. The third-order valence-electron chi connectivity index (χ3n) is 5.94. The molecule has 0 radical (unpaired) electrons. The summed E-state index contributed by atoms with van der Waals surface area (Å²) in [5.41, 5.74) is 4.15. The first-order valence-electron chi connectivity index (χ1n) is 10.7. The fourth-order valence-electron chi connectivity index (χ4n) is 3.88. The summed E-state index contributed by atoms with van der Waals surface area (Å²) >= 11 is 0. The summed E-state index contributed by atoms with van der Waals surface area (Å²) in [4.78, 5) is 24.3. The smallest absolute Gasteiger partial charge is 0.408 e. The molecule has 1 fully saturated rings. The Bertz CT molecular complexity index is 1200. The summed E-state index contributed by atoms with van der Waals surface area (Å²) in [6.45, 7) is 3.71. The molecule has 4 rings (SSSR count). The zero-order chi connectivity index (χ0) is 22.7. The molecule has 3 aromatic rings. The number of rotatable bonds is 5. The average molecular weight is 434 g/mol. The molecular weight excluding hydrogens is 408 g/mol. The molecule has 32 heavy (non-hydrogen) atoms. The first kappa shape index (κ1) is 21.8. The Labute approximate surface area is 185 Å². The van der Waals surface area contributed by atoms with Gasteiger partial charge in [0.05, 0.1) is 11.6 Å². The number of carbonyl (C=O) groups is 1. The van der Waals surface area contributed by atoms with Crippen molar-refractivity contribution in [2.24, 2.45) is 7.05 Å². The van der Waals surface area contributed by atoms with Gasteiger partial charge in [0, 0.05) is 26.1 Å². The van der Waals surface area contributed by atoms with Crippen molar-refractivity contribution in [3.05, 3.63) is 58.6 Å². The molecule has 8 heteroatoms. The second-order valence-corrected chi connectivity index (χ2v) is 8.05. The van der Waals surface area contributed by atoms with Crippen molar-refractivity contribution < 1.29 is 13.9 Å². The van der Waals surface area contributed by atoms with Gasteiger partial charge >= 0.3 is 5.76 Å². The average Bonchev–Trinajstić information content (AvgIpc) is 2.99.